The van der Waals surface area contributed by atoms with E-state index in [4.69, 9.17) is 0 Å². The number of imidazole rings is 1. The first kappa shape index (κ1) is 17.5. The Hall–Kier alpha value is -2.93. The molecular formula is C20H21N5OS. The van der Waals surface area contributed by atoms with Crippen molar-refractivity contribution < 1.29 is 4.79 Å². The lowest BCUT2D eigenvalue weighted by Gasteiger charge is -2.11. The summed E-state index contributed by atoms with van der Waals surface area (Å²) in [7, 11) is 1.86. The van der Waals surface area contributed by atoms with Crippen molar-refractivity contribution in [1.82, 2.24) is 24.5 Å². The second kappa shape index (κ2) is 7.00. The average molecular weight is 379 g/mol. The highest BCUT2D eigenvalue weighted by Crippen LogP contribution is 2.24. The second-order valence-electron chi connectivity index (χ2n) is 6.59. The summed E-state index contributed by atoms with van der Waals surface area (Å²) in [6, 6.07) is 8.27. The van der Waals surface area contributed by atoms with Crippen molar-refractivity contribution in [3.8, 4) is 11.3 Å². The van der Waals surface area contributed by atoms with Crippen molar-refractivity contribution in [2.75, 3.05) is 0 Å². The fraction of sp³-hybridized carbons (Fsp3) is 0.250. The highest BCUT2D eigenvalue weighted by atomic mass is 32.1. The summed E-state index contributed by atoms with van der Waals surface area (Å²) in [5.41, 5.74) is 4.79. The van der Waals surface area contributed by atoms with Gasteiger partial charge in [0.1, 0.15) is 5.69 Å². The van der Waals surface area contributed by atoms with E-state index in [2.05, 4.69) is 46.6 Å². The minimum absolute atomic E-state index is 0.120. The summed E-state index contributed by atoms with van der Waals surface area (Å²) in [6.45, 7) is 4.09. The summed E-state index contributed by atoms with van der Waals surface area (Å²) in [5, 5.41) is 9.04. The maximum Gasteiger partial charge on any atom is 0.269 e. The topological polar surface area (TPSA) is 64.2 Å². The second-order valence-corrected chi connectivity index (χ2v) is 7.43. The monoisotopic (exact) mass is 379 g/mol. The van der Waals surface area contributed by atoms with E-state index in [0.717, 1.165) is 28.2 Å². The summed E-state index contributed by atoms with van der Waals surface area (Å²) in [5.74, 6) is -0.122. The minimum atomic E-state index is -0.122. The van der Waals surface area contributed by atoms with Gasteiger partial charge in [0.05, 0.1) is 17.9 Å². The molecule has 0 fully saturated rings. The standard InChI is InChI=1S/C20H21N5OS/c1-4-14-5-7-15(8-6-14)17-11-25-18(12-27-20(25)23-17)19(26)22-13(2)16-9-21-24(3)10-16/h5-13H,4H2,1-3H3,(H,22,26). The van der Waals surface area contributed by atoms with Crippen LogP contribution in [0.4, 0.5) is 0 Å². The van der Waals surface area contributed by atoms with Crippen LogP contribution in [0.5, 0.6) is 0 Å². The minimum Gasteiger partial charge on any atom is -0.344 e. The number of carbonyl (C=O) groups excluding carboxylic acids is 1. The third kappa shape index (κ3) is 3.38. The number of benzene rings is 1. The Kier molecular flexibility index (Phi) is 4.53. The van der Waals surface area contributed by atoms with Gasteiger partial charge in [0, 0.05) is 35.9 Å². The zero-order valence-corrected chi connectivity index (χ0v) is 16.3. The molecule has 1 atom stereocenters. The van der Waals surface area contributed by atoms with E-state index >= 15 is 0 Å². The maximum absolute atomic E-state index is 12.8. The molecule has 7 heteroatoms. The summed E-state index contributed by atoms with van der Waals surface area (Å²) in [4.78, 5) is 18.2. The Balaban J connectivity index is 1.58. The molecule has 0 aliphatic rings. The zero-order valence-electron chi connectivity index (χ0n) is 15.5. The lowest BCUT2D eigenvalue weighted by Crippen LogP contribution is -2.27. The predicted molar refractivity (Wildman–Crippen MR) is 107 cm³/mol. The first-order valence-corrected chi connectivity index (χ1v) is 9.78. The third-order valence-corrected chi connectivity index (χ3v) is 5.51. The van der Waals surface area contributed by atoms with Gasteiger partial charge in [0.2, 0.25) is 0 Å². The van der Waals surface area contributed by atoms with Gasteiger partial charge in [-0.2, -0.15) is 5.10 Å². The number of aromatic nitrogens is 4. The van der Waals surface area contributed by atoms with E-state index in [1.807, 2.05) is 36.1 Å². The molecule has 0 saturated heterocycles. The van der Waals surface area contributed by atoms with Crippen LogP contribution in [0.25, 0.3) is 16.2 Å². The molecule has 3 aromatic heterocycles. The highest BCUT2D eigenvalue weighted by molar-refractivity contribution is 7.15. The van der Waals surface area contributed by atoms with Crippen molar-refractivity contribution in [2.45, 2.75) is 26.3 Å². The number of carbonyl (C=O) groups is 1. The van der Waals surface area contributed by atoms with Gasteiger partial charge in [-0.25, -0.2) is 4.98 Å². The number of nitrogens with zero attached hydrogens (tertiary/aromatic N) is 4. The predicted octanol–water partition coefficient (Wildman–Crippen LogP) is 3.85. The molecule has 0 saturated carbocycles. The first-order valence-electron chi connectivity index (χ1n) is 8.90. The van der Waals surface area contributed by atoms with E-state index in [-0.39, 0.29) is 11.9 Å². The van der Waals surface area contributed by atoms with Crippen LogP contribution in [0.15, 0.2) is 48.2 Å². The van der Waals surface area contributed by atoms with Crippen LogP contribution in [0, 0.1) is 0 Å². The highest BCUT2D eigenvalue weighted by Gasteiger charge is 2.18. The van der Waals surface area contributed by atoms with E-state index in [1.54, 1.807) is 10.9 Å². The van der Waals surface area contributed by atoms with Gasteiger partial charge < -0.3 is 5.32 Å². The molecule has 0 aliphatic heterocycles. The van der Waals surface area contributed by atoms with Crippen LogP contribution >= 0.6 is 11.3 Å². The third-order valence-electron chi connectivity index (χ3n) is 4.67. The van der Waals surface area contributed by atoms with Crippen molar-refractivity contribution in [3.05, 3.63) is 65.1 Å². The molecule has 3 heterocycles. The van der Waals surface area contributed by atoms with Crippen LogP contribution < -0.4 is 5.32 Å². The number of thiazole rings is 1. The molecule has 0 aliphatic carbocycles. The molecule has 1 amide bonds. The zero-order chi connectivity index (χ0) is 19.0. The largest absolute Gasteiger partial charge is 0.344 e. The van der Waals surface area contributed by atoms with Crippen LogP contribution in [0.1, 0.15) is 41.5 Å². The average Bonchev–Trinajstić information content (AvgIpc) is 3.36. The molecular weight excluding hydrogens is 358 g/mol. The van der Waals surface area contributed by atoms with Crippen LogP contribution in [0.3, 0.4) is 0 Å². The lowest BCUT2D eigenvalue weighted by atomic mass is 10.1. The van der Waals surface area contributed by atoms with Crippen LogP contribution in [-0.4, -0.2) is 25.1 Å². The van der Waals surface area contributed by atoms with Crippen LogP contribution in [-0.2, 0) is 13.5 Å². The molecule has 0 radical (unpaired) electrons. The molecule has 138 valence electrons. The molecule has 1 aromatic carbocycles. The quantitative estimate of drug-likeness (QED) is 0.573. The molecule has 0 bridgehead atoms. The summed E-state index contributed by atoms with van der Waals surface area (Å²) >= 11 is 1.47. The number of fused-ring (bicyclic) bond motifs is 1. The molecule has 27 heavy (non-hydrogen) atoms. The van der Waals surface area contributed by atoms with E-state index in [9.17, 15) is 4.79 Å². The summed E-state index contributed by atoms with van der Waals surface area (Å²) < 4.78 is 3.59. The van der Waals surface area contributed by atoms with E-state index < -0.39 is 0 Å². The molecule has 4 rings (SSSR count). The van der Waals surface area contributed by atoms with Gasteiger partial charge in [-0.3, -0.25) is 13.9 Å². The van der Waals surface area contributed by atoms with E-state index in [0.29, 0.717) is 5.69 Å². The fourth-order valence-corrected chi connectivity index (χ4v) is 3.87. The molecule has 4 aromatic rings. The van der Waals surface area contributed by atoms with Crippen molar-refractivity contribution >= 4 is 22.2 Å². The van der Waals surface area contributed by atoms with Crippen LogP contribution in [0.2, 0.25) is 0 Å². The number of nitrogens with one attached hydrogen (secondary N) is 1. The maximum atomic E-state index is 12.8. The van der Waals surface area contributed by atoms with Gasteiger partial charge in [-0.1, -0.05) is 31.2 Å². The Labute approximate surface area is 161 Å². The number of amides is 1. The summed E-state index contributed by atoms with van der Waals surface area (Å²) in [6.07, 6.45) is 6.61. The smallest absolute Gasteiger partial charge is 0.269 e. The number of hydrogen-bond donors (Lipinski definition) is 1. The van der Waals surface area contributed by atoms with Crippen molar-refractivity contribution in [2.24, 2.45) is 7.05 Å². The fourth-order valence-electron chi connectivity index (χ4n) is 3.02. The lowest BCUT2D eigenvalue weighted by molar-refractivity contribution is 0.0934. The Morgan fingerprint density at radius 3 is 2.70 bits per heavy atom. The number of rotatable bonds is 5. The number of aryl methyl sites for hydroxylation is 2. The van der Waals surface area contributed by atoms with Gasteiger partial charge in [-0.05, 0) is 18.9 Å². The van der Waals surface area contributed by atoms with Gasteiger partial charge in [0.25, 0.3) is 5.91 Å². The van der Waals surface area contributed by atoms with Gasteiger partial charge in [0.15, 0.2) is 4.96 Å². The molecule has 1 unspecified atom stereocenters. The van der Waals surface area contributed by atoms with E-state index in [1.165, 1.54) is 16.9 Å². The first-order chi connectivity index (χ1) is 13.0. The Bertz CT molecular complexity index is 1090. The van der Waals surface area contributed by atoms with Crippen molar-refractivity contribution in [3.63, 3.8) is 0 Å². The van der Waals surface area contributed by atoms with Gasteiger partial charge >= 0.3 is 0 Å². The number of hydrogen-bond acceptors (Lipinski definition) is 4. The molecule has 6 nitrogen and oxygen atoms in total. The normalized spacial score (nSPS) is 12.4. The molecule has 0 spiro atoms. The Morgan fingerprint density at radius 1 is 1.26 bits per heavy atom. The Morgan fingerprint density at radius 2 is 2.04 bits per heavy atom. The SMILES string of the molecule is CCc1ccc(-c2cn3c(C(=O)NC(C)c4cnn(C)c4)csc3n2)cc1. The molecule has 1 N–H and O–H groups in total. The van der Waals surface area contributed by atoms with Gasteiger partial charge in [-0.15, -0.1) is 11.3 Å². The van der Waals surface area contributed by atoms with Crippen molar-refractivity contribution in [1.29, 1.82) is 0 Å².